The lowest BCUT2D eigenvalue weighted by molar-refractivity contribution is -0.145. The van der Waals surface area contributed by atoms with Crippen LogP contribution >= 0.6 is 0 Å². The average molecular weight is 655 g/mol. The quantitative estimate of drug-likeness (QED) is 0.178. The van der Waals surface area contributed by atoms with Crippen molar-refractivity contribution >= 4 is 18.1 Å². The number of aliphatic carboxylic acids is 1. The van der Waals surface area contributed by atoms with Crippen LogP contribution < -0.4 is 10.4 Å². The first-order chi connectivity index (χ1) is 24.0. The molecule has 0 amide bonds. The summed E-state index contributed by atoms with van der Waals surface area (Å²) in [6.07, 6.45) is 29.5. The molecule has 1 spiro atoms. The predicted molar refractivity (Wildman–Crippen MR) is 201 cm³/mol. The number of hydrogen-bond donors (Lipinski definition) is 2. The zero-order chi connectivity index (χ0) is 33.6. The number of fused-ring (bicyclic) bond motifs is 5. The van der Waals surface area contributed by atoms with Crippen molar-refractivity contribution < 1.29 is 15.0 Å². The minimum absolute atomic E-state index is 0.309. The minimum atomic E-state index is -0.669. The van der Waals surface area contributed by atoms with Gasteiger partial charge in [0.15, 0.2) is 0 Å². The zero-order valence-electron chi connectivity index (χ0n) is 29.1. The number of phenols is 1. The molecule has 0 radical (unpaired) electrons. The van der Waals surface area contributed by atoms with Gasteiger partial charge in [0.1, 0.15) is 5.75 Å². The van der Waals surface area contributed by atoms with Crippen LogP contribution in [0, 0.1) is 29.6 Å². The fourth-order valence-electron chi connectivity index (χ4n) is 9.95. The first kappa shape index (κ1) is 33.6. The molecule has 3 aromatic carbocycles. The van der Waals surface area contributed by atoms with E-state index < -0.39 is 17.3 Å². The van der Waals surface area contributed by atoms with Gasteiger partial charge in [-0.15, -0.1) is 0 Å². The second kappa shape index (κ2) is 15.4. The van der Waals surface area contributed by atoms with Crippen molar-refractivity contribution in [2.45, 2.75) is 101 Å². The molecule has 3 heteroatoms. The molecule has 1 saturated carbocycles. The number of carboxylic acids is 1. The number of phenolic OH excluding ortho intramolecular Hbond substituents is 1. The van der Waals surface area contributed by atoms with E-state index in [0.717, 1.165) is 44.4 Å². The van der Waals surface area contributed by atoms with Gasteiger partial charge >= 0.3 is 5.97 Å². The third-order valence-electron chi connectivity index (χ3n) is 12.7. The number of unbranched alkanes of at least 4 members (excludes halogenated alkanes) is 3. The highest BCUT2D eigenvalue weighted by atomic mass is 16.4. The molecule has 0 aliphatic heterocycles. The monoisotopic (exact) mass is 654 g/mol. The molecule has 0 aromatic heterocycles. The van der Waals surface area contributed by atoms with Crippen molar-refractivity contribution in [2.75, 3.05) is 0 Å². The van der Waals surface area contributed by atoms with Crippen molar-refractivity contribution in [2.24, 2.45) is 29.6 Å². The molecule has 49 heavy (non-hydrogen) atoms. The summed E-state index contributed by atoms with van der Waals surface area (Å²) in [5.74, 6) is 1.52. The number of carboxylic acid groups (broad SMARTS) is 1. The van der Waals surface area contributed by atoms with Gasteiger partial charge in [-0.05, 0) is 133 Å². The number of rotatable bonds is 9. The van der Waals surface area contributed by atoms with Crippen molar-refractivity contribution in [3.05, 3.63) is 124 Å². The number of allylic oxidation sites excluding steroid dienone is 4. The fourth-order valence-corrected chi connectivity index (χ4v) is 9.95. The molecule has 4 aliphatic rings. The maximum atomic E-state index is 13.3. The molecule has 0 unspecified atom stereocenters. The molecule has 0 heterocycles. The van der Waals surface area contributed by atoms with Crippen LogP contribution in [0.25, 0.3) is 12.2 Å². The van der Waals surface area contributed by atoms with Gasteiger partial charge in [-0.1, -0.05) is 123 Å². The Bertz CT molecular complexity index is 1770. The van der Waals surface area contributed by atoms with Gasteiger partial charge in [-0.25, -0.2) is 0 Å². The minimum Gasteiger partial charge on any atom is -0.508 e. The summed E-state index contributed by atoms with van der Waals surface area (Å²) in [5.41, 5.74) is 3.36. The van der Waals surface area contributed by atoms with Crippen LogP contribution in [0.4, 0.5) is 0 Å². The lowest BCUT2D eigenvalue weighted by Crippen LogP contribution is -2.47. The van der Waals surface area contributed by atoms with E-state index in [1.807, 2.05) is 12.1 Å². The van der Waals surface area contributed by atoms with Gasteiger partial charge in [-0.3, -0.25) is 4.79 Å². The highest BCUT2D eigenvalue weighted by Crippen LogP contribution is 2.52. The van der Waals surface area contributed by atoms with Gasteiger partial charge in [0, 0.05) is 5.41 Å². The van der Waals surface area contributed by atoms with E-state index >= 15 is 0 Å². The molecular formula is C46H54O3. The molecular weight excluding hydrogens is 601 g/mol. The second-order valence-electron chi connectivity index (χ2n) is 15.6. The zero-order valence-corrected chi connectivity index (χ0v) is 29.1. The largest absolute Gasteiger partial charge is 0.508 e. The molecule has 3 nitrogen and oxygen atoms in total. The Morgan fingerprint density at radius 1 is 0.776 bits per heavy atom. The Morgan fingerprint density at radius 2 is 1.53 bits per heavy atom. The highest BCUT2D eigenvalue weighted by Gasteiger charge is 2.49. The summed E-state index contributed by atoms with van der Waals surface area (Å²) in [6.45, 7) is 0. The van der Waals surface area contributed by atoms with E-state index in [1.165, 1.54) is 72.1 Å². The average Bonchev–Trinajstić information content (AvgIpc) is 3.64. The third-order valence-corrected chi connectivity index (χ3v) is 12.7. The lowest BCUT2D eigenvalue weighted by atomic mass is 9.55. The normalized spacial score (nSPS) is 29.8. The smallest absolute Gasteiger partial charge is 0.307 e. The summed E-state index contributed by atoms with van der Waals surface area (Å²) in [7, 11) is 0. The van der Waals surface area contributed by atoms with Crippen LogP contribution in [0.15, 0.2) is 97.1 Å². The molecule has 3 aromatic rings. The van der Waals surface area contributed by atoms with E-state index in [9.17, 15) is 15.0 Å². The van der Waals surface area contributed by atoms with Crippen LogP contribution in [0.3, 0.4) is 0 Å². The maximum Gasteiger partial charge on any atom is 0.307 e. The fraction of sp³-hybridized carbons (Fsp3) is 0.457. The number of hydrogen-bond acceptors (Lipinski definition) is 2. The van der Waals surface area contributed by atoms with Gasteiger partial charge in [0.05, 0.1) is 5.92 Å². The Hall–Kier alpha value is -3.85. The predicted octanol–water partition coefficient (Wildman–Crippen LogP) is 9.62. The Labute approximate surface area is 293 Å². The Balaban J connectivity index is 1.17. The first-order valence-corrected chi connectivity index (χ1v) is 19.2. The Morgan fingerprint density at radius 3 is 2.29 bits per heavy atom. The van der Waals surface area contributed by atoms with Crippen LogP contribution in [0.1, 0.15) is 106 Å². The SMILES string of the molecule is O=C(O)[C@@H]1C/C=C\C[C@H](CCCCCC[C@@H]2C=CCC2)[C@H](c2ccc(O)cc2)Cc2cccc(c2)[C@]12CC[C@@H]1C=c3ccccc3=C[C@@H]1C2. The number of carbonyl (C=O) groups is 1. The topological polar surface area (TPSA) is 57.5 Å². The van der Waals surface area contributed by atoms with Crippen molar-refractivity contribution in [1.29, 1.82) is 0 Å². The van der Waals surface area contributed by atoms with Crippen LogP contribution in [0.5, 0.6) is 5.75 Å². The van der Waals surface area contributed by atoms with E-state index in [0.29, 0.717) is 35.8 Å². The van der Waals surface area contributed by atoms with Gasteiger partial charge in [0.2, 0.25) is 0 Å². The van der Waals surface area contributed by atoms with E-state index in [1.54, 1.807) is 0 Å². The summed E-state index contributed by atoms with van der Waals surface area (Å²) in [5, 5.41) is 23.7. The van der Waals surface area contributed by atoms with Crippen molar-refractivity contribution in [1.82, 2.24) is 0 Å². The highest BCUT2D eigenvalue weighted by molar-refractivity contribution is 5.73. The molecule has 1 fully saturated rings. The standard InChI is InChI=1S/C46H54O3/c47-42-24-22-36(23-25-42)43-29-34-15-11-20-41(28-34)46(27-26-39-30-37-18-7-8-19-38(37)31-40(39)32-46)44(45(48)49)21-10-9-17-35(43)16-4-2-1-3-12-33-13-5-6-14-33/h5,7-11,13,15,18-20,22-25,28,30-31,33,35,39-40,43-44,47H,1-4,6,12,14,16-17,21,26-27,29,32H2,(H,48,49)/b10-9-/t33-,35+,39-,40-,43-,44+,46-/m1/s1. The van der Waals surface area contributed by atoms with Gasteiger partial charge < -0.3 is 10.2 Å². The van der Waals surface area contributed by atoms with E-state index in [4.69, 9.17) is 0 Å². The molecule has 7 rings (SSSR count). The number of benzene rings is 3. The van der Waals surface area contributed by atoms with Crippen molar-refractivity contribution in [3.8, 4) is 5.75 Å². The van der Waals surface area contributed by atoms with Crippen LogP contribution in [-0.2, 0) is 16.6 Å². The third kappa shape index (κ3) is 7.67. The van der Waals surface area contributed by atoms with E-state index in [2.05, 4.69) is 97.1 Å². The summed E-state index contributed by atoms with van der Waals surface area (Å²) >= 11 is 0. The van der Waals surface area contributed by atoms with Crippen LogP contribution in [0.2, 0.25) is 0 Å². The second-order valence-corrected chi connectivity index (χ2v) is 15.6. The maximum absolute atomic E-state index is 13.3. The molecule has 0 saturated heterocycles. The van der Waals surface area contributed by atoms with Crippen molar-refractivity contribution in [3.63, 3.8) is 0 Å². The summed E-state index contributed by atoms with van der Waals surface area (Å²) < 4.78 is 0. The number of aromatic hydroxyl groups is 1. The Kier molecular flexibility index (Phi) is 10.5. The van der Waals surface area contributed by atoms with Gasteiger partial charge in [-0.2, -0.15) is 0 Å². The molecule has 2 N–H and O–H groups in total. The summed E-state index contributed by atoms with van der Waals surface area (Å²) in [4.78, 5) is 13.3. The molecule has 4 aliphatic carbocycles. The molecule has 256 valence electrons. The van der Waals surface area contributed by atoms with Crippen LogP contribution in [-0.4, -0.2) is 16.2 Å². The van der Waals surface area contributed by atoms with E-state index in [-0.39, 0.29) is 0 Å². The van der Waals surface area contributed by atoms with Gasteiger partial charge in [0.25, 0.3) is 0 Å². The molecule has 2 bridgehead atoms. The summed E-state index contributed by atoms with van der Waals surface area (Å²) in [6, 6.07) is 25.6. The molecule has 7 atom stereocenters. The lowest BCUT2D eigenvalue weighted by Gasteiger charge is -2.48. The first-order valence-electron chi connectivity index (χ1n) is 19.2.